The second kappa shape index (κ2) is 8.63. The van der Waals surface area contributed by atoms with Crippen molar-refractivity contribution < 1.29 is 20.1 Å². The number of hydrogen-bond donors (Lipinski definition) is 3. The third kappa shape index (κ3) is 5.88. The lowest BCUT2D eigenvalue weighted by atomic mass is 9.76. The maximum absolute atomic E-state index is 11.8. The van der Waals surface area contributed by atoms with E-state index in [0.717, 1.165) is 5.56 Å². The lowest BCUT2D eigenvalue weighted by Crippen LogP contribution is -2.39. The fourth-order valence-electron chi connectivity index (χ4n) is 3.07. The molecule has 2 aromatic rings. The van der Waals surface area contributed by atoms with Gasteiger partial charge in [-0.3, -0.25) is 0 Å². The number of nitrogens with zero attached hydrogens (tertiary/aromatic N) is 1. The van der Waals surface area contributed by atoms with Crippen LogP contribution in [0.2, 0.25) is 5.02 Å². The minimum atomic E-state index is -1.09. The molecule has 3 N–H and O–H groups in total. The number of hydrogen-bond acceptors (Lipinski definition) is 3. The van der Waals surface area contributed by atoms with Gasteiger partial charge in [0.25, 0.3) is 0 Å². The number of halogens is 1. The van der Waals surface area contributed by atoms with Gasteiger partial charge in [-0.25, -0.2) is 4.79 Å². The van der Waals surface area contributed by atoms with Crippen molar-refractivity contribution in [2.75, 3.05) is 13.1 Å². The number of aliphatic hydroxyl groups is 1. The first kappa shape index (κ1) is 21.1. The average molecular weight is 392 g/mol. The van der Waals surface area contributed by atoms with Crippen LogP contribution in [0, 0.1) is 5.41 Å². The molecule has 146 valence electrons. The Kier molecular flexibility index (Phi) is 6.73. The highest BCUT2D eigenvalue weighted by Gasteiger charge is 2.31. The van der Waals surface area contributed by atoms with E-state index < -0.39 is 12.2 Å². The Hall–Kier alpha value is -2.24. The maximum Gasteiger partial charge on any atom is 0.407 e. The molecule has 6 heteroatoms. The Balaban J connectivity index is 2.23. The van der Waals surface area contributed by atoms with Crippen LogP contribution >= 0.6 is 11.6 Å². The van der Waals surface area contributed by atoms with Gasteiger partial charge in [0.2, 0.25) is 0 Å². The number of phenolic OH excluding ortho intramolecular Hbond substituents is 1. The van der Waals surface area contributed by atoms with Gasteiger partial charge in [0, 0.05) is 17.5 Å². The third-order valence-electron chi connectivity index (χ3n) is 4.64. The van der Waals surface area contributed by atoms with Gasteiger partial charge < -0.3 is 20.2 Å². The van der Waals surface area contributed by atoms with Crippen molar-refractivity contribution in [1.29, 1.82) is 0 Å². The van der Waals surface area contributed by atoms with E-state index >= 15 is 0 Å². The van der Waals surface area contributed by atoms with Crippen molar-refractivity contribution in [3.05, 3.63) is 64.7 Å². The highest BCUT2D eigenvalue weighted by Crippen LogP contribution is 2.36. The third-order valence-corrected chi connectivity index (χ3v) is 4.88. The molecule has 0 fully saturated rings. The average Bonchev–Trinajstić information content (AvgIpc) is 2.58. The Labute approximate surface area is 164 Å². The first-order valence-corrected chi connectivity index (χ1v) is 9.16. The molecule has 0 saturated heterocycles. The van der Waals surface area contributed by atoms with E-state index in [2.05, 4.69) is 0 Å². The maximum atomic E-state index is 11.8. The molecule has 1 unspecified atom stereocenters. The predicted molar refractivity (Wildman–Crippen MR) is 106 cm³/mol. The van der Waals surface area contributed by atoms with Crippen LogP contribution in [0.25, 0.3) is 0 Å². The number of carboxylic acid groups (broad SMARTS) is 1. The molecule has 0 saturated carbocycles. The molecular weight excluding hydrogens is 366 g/mol. The summed E-state index contributed by atoms with van der Waals surface area (Å²) in [6.07, 6.45) is -2.07. The highest BCUT2D eigenvalue weighted by molar-refractivity contribution is 6.30. The number of rotatable bonds is 6. The van der Waals surface area contributed by atoms with E-state index in [1.165, 1.54) is 4.90 Å². The van der Waals surface area contributed by atoms with Gasteiger partial charge in [-0.1, -0.05) is 56.6 Å². The predicted octanol–water partition coefficient (Wildman–Crippen LogP) is 4.89. The molecular formula is C21H26ClNO4. The molecule has 0 heterocycles. The standard InChI is InChI=1S/C21H26ClNO4/c1-21(2,3)18(14-7-9-17(24)10-8-14)12-23(20(26)27)13-19(25)15-5-4-6-16(22)11-15/h4-11,18-19,24-25H,12-13H2,1-3H3,(H,26,27)/t18-,19?/m0/s1. The summed E-state index contributed by atoms with van der Waals surface area (Å²) in [5.74, 6) is 0.0543. The minimum Gasteiger partial charge on any atom is -0.508 e. The Morgan fingerprint density at radius 2 is 1.70 bits per heavy atom. The van der Waals surface area contributed by atoms with E-state index in [0.29, 0.717) is 10.6 Å². The van der Waals surface area contributed by atoms with Crippen LogP contribution in [0.3, 0.4) is 0 Å². The molecule has 2 atom stereocenters. The van der Waals surface area contributed by atoms with Gasteiger partial charge >= 0.3 is 6.09 Å². The normalized spacial score (nSPS) is 13.8. The fraction of sp³-hybridized carbons (Fsp3) is 0.381. The zero-order valence-corrected chi connectivity index (χ0v) is 16.5. The summed E-state index contributed by atoms with van der Waals surface area (Å²) >= 11 is 5.96. The summed E-state index contributed by atoms with van der Waals surface area (Å²) in [6, 6.07) is 13.6. The first-order chi connectivity index (χ1) is 12.6. The van der Waals surface area contributed by atoms with Crippen molar-refractivity contribution in [2.24, 2.45) is 5.41 Å². The molecule has 2 aromatic carbocycles. The summed E-state index contributed by atoms with van der Waals surface area (Å²) in [7, 11) is 0. The molecule has 0 radical (unpaired) electrons. The molecule has 0 aliphatic rings. The van der Waals surface area contributed by atoms with E-state index in [1.807, 2.05) is 20.8 Å². The summed E-state index contributed by atoms with van der Waals surface area (Å²) in [6.45, 7) is 6.29. The Morgan fingerprint density at radius 3 is 2.22 bits per heavy atom. The van der Waals surface area contributed by atoms with Gasteiger partial charge in [-0.05, 0) is 40.8 Å². The summed E-state index contributed by atoms with van der Waals surface area (Å²) in [4.78, 5) is 13.1. The molecule has 27 heavy (non-hydrogen) atoms. The molecule has 0 aliphatic carbocycles. The fourth-order valence-corrected chi connectivity index (χ4v) is 3.26. The van der Waals surface area contributed by atoms with Crippen LogP contribution in [0.1, 0.15) is 43.9 Å². The number of phenols is 1. The van der Waals surface area contributed by atoms with Crippen molar-refractivity contribution >= 4 is 17.7 Å². The zero-order valence-electron chi connectivity index (χ0n) is 15.8. The second-order valence-corrected chi connectivity index (χ2v) is 8.20. The van der Waals surface area contributed by atoms with Crippen LogP contribution in [0.5, 0.6) is 5.75 Å². The SMILES string of the molecule is CC(C)(C)[C@@H](CN(CC(O)c1cccc(Cl)c1)C(=O)O)c1ccc(O)cc1. The van der Waals surface area contributed by atoms with Gasteiger partial charge in [-0.2, -0.15) is 0 Å². The highest BCUT2D eigenvalue weighted by atomic mass is 35.5. The Morgan fingerprint density at radius 1 is 1.07 bits per heavy atom. The summed E-state index contributed by atoms with van der Waals surface area (Å²) < 4.78 is 0. The Bertz CT molecular complexity index is 770. The quantitative estimate of drug-likeness (QED) is 0.654. The van der Waals surface area contributed by atoms with Gasteiger partial charge in [0.15, 0.2) is 0 Å². The number of benzene rings is 2. The molecule has 0 spiro atoms. The monoisotopic (exact) mass is 391 g/mol. The molecule has 2 rings (SSSR count). The largest absolute Gasteiger partial charge is 0.508 e. The number of aliphatic hydroxyl groups excluding tert-OH is 1. The molecule has 5 nitrogen and oxygen atoms in total. The first-order valence-electron chi connectivity index (χ1n) is 8.78. The lowest BCUT2D eigenvalue weighted by molar-refractivity contribution is 0.0860. The van der Waals surface area contributed by atoms with E-state index in [-0.39, 0.29) is 30.2 Å². The van der Waals surface area contributed by atoms with E-state index in [4.69, 9.17) is 11.6 Å². The van der Waals surface area contributed by atoms with E-state index in [9.17, 15) is 20.1 Å². The summed E-state index contributed by atoms with van der Waals surface area (Å²) in [5, 5.41) is 30.2. The van der Waals surface area contributed by atoms with Crippen LogP contribution in [0.15, 0.2) is 48.5 Å². The molecule has 0 aromatic heterocycles. The van der Waals surface area contributed by atoms with Gasteiger partial charge in [0.1, 0.15) is 5.75 Å². The lowest BCUT2D eigenvalue weighted by Gasteiger charge is -2.35. The zero-order chi connectivity index (χ0) is 20.2. The van der Waals surface area contributed by atoms with Crippen LogP contribution < -0.4 is 0 Å². The molecule has 0 bridgehead atoms. The summed E-state index contributed by atoms with van der Waals surface area (Å²) in [5.41, 5.74) is 1.29. The van der Waals surface area contributed by atoms with Crippen LogP contribution in [0.4, 0.5) is 4.79 Å². The van der Waals surface area contributed by atoms with Crippen LogP contribution in [-0.4, -0.2) is 39.4 Å². The smallest absolute Gasteiger partial charge is 0.407 e. The van der Waals surface area contributed by atoms with Crippen molar-refractivity contribution in [1.82, 2.24) is 4.90 Å². The number of amides is 1. The van der Waals surface area contributed by atoms with E-state index in [1.54, 1.807) is 48.5 Å². The number of aromatic hydroxyl groups is 1. The van der Waals surface area contributed by atoms with Gasteiger partial charge in [-0.15, -0.1) is 0 Å². The number of carbonyl (C=O) groups is 1. The topological polar surface area (TPSA) is 81.0 Å². The van der Waals surface area contributed by atoms with Crippen molar-refractivity contribution in [2.45, 2.75) is 32.8 Å². The van der Waals surface area contributed by atoms with Crippen molar-refractivity contribution in [3.63, 3.8) is 0 Å². The van der Waals surface area contributed by atoms with Crippen LogP contribution in [-0.2, 0) is 0 Å². The molecule has 0 aliphatic heterocycles. The minimum absolute atomic E-state index is 0.0552. The molecule has 1 amide bonds. The van der Waals surface area contributed by atoms with Gasteiger partial charge in [0.05, 0.1) is 12.6 Å². The second-order valence-electron chi connectivity index (χ2n) is 7.77. The van der Waals surface area contributed by atoms with Crippen molar-refractivity contribution in [3.8, 4) is 5.75 Å².